The van der Waals surface area contributed by atoms with E-state index in [1.165, 1.54) is 0 Å². The van der Waals surface area contributed by atoms with Crippen molar-refractivity contribution in [1.29, 1.82) is 0 Å². The summed E-state index contributed by atoms with van der Waals surface area (Å²) in [4.78, 5) is 29.8. The average molecular weight is 409 g/mol. The van der Waals surface area contributed by atoms with Gasteiger partial charge in [-0.25, -0.2) is 4.79 Å². The fraction of sp³-hybridized carbons (Fsp3) is 0.261. The topological polar surface area (TPSA) is 68.3 Å². The fourth-order valence-electron chi connectivity index (χ4n) is 3.71. The quantitative estimate of drug-likeness (QED) is 0.641. The number of carbonyl (C=O) groups excluding carboxylic acids is 2. The summed E-state index contributed by atoms with van der Waals surface area (Å²) in [7, 11) is 0. The number of hydrogen-bond acceptors (Lipinski definition) is 4. The van der Waals surface area contributed by atoms with Crippen molar-refractivity contribution in [1.82, 2.24) is 10.3 Å². The first-order valence-corrected chi connectivity index (χ1v) is 10.1. The maximum atomic E-state index is 12.9. The van der Waals surface area contributed by atoms with Gasteiger partial charge in [0.15, 0.2) is 6.61 Å². The van der Waals surface area contributed by atoms with Gasteiger partial charge in [0, 0.05) is 22.6 Å². The lowest BCUT2D eigenvalue weighted by Crippen LogP contribution is -2.28. The predicted molar refractivity (Wildman–Crippen MR) is 112 cm³/mol. The first-order valence-electron chi connectivity index (χ1n) is 9.70. The first kappa shape index (κ1) is 19.4. The second-order valence-electron chi connectivity index (χ2n) is 7.12. The molecule has 5 nitrogen and oxygen atoms in total. The number of amides is 1. The molecule has 148 valence electrons. The maximum absolute atomic E-state index is 12.9. The summed E-state index contributed by atoms with van der Waals surface area (Å²) in [6.07, 6.45) is 3.76. The van der Waals surface area contributed by atoms with Gasteiger partial charge in [0.2, 0.25) is 0 Å². The first-order chi connectivity index (χ1) is 14.1. The maximum Gasteiger partial charge on any atom is 0.339 e. The van der Waals surface area contributed by atoms with Crippen LogP contribution in [0.2, 0.25) is 5.02 Å². The summed E-state index contributed by atoms with van der Waals surface area (Å²) in [5.41, 5.74) is 4.14. The number of esters is 1. The van der Waals surface area contributed by atoms with Crippen LogP contribution in [0.15, 0.2) is 48.5 Å². The Labute approximate surface area is 174 Å². The SMILES string of the molecule is O=C(COC(=O)c1c2c(nc3ccccc13)CCCC2)NCc1cccc(Cl)c1. The number of aromatic nitrogens is 1. The number of nitrogens with one attached hydrogen (secondary N) is 1. The molecule has 1 aliphatic carbocycles. The lowest BCUT2D eigenvalue weighted by Gasteiger charge is -2.19. The summed E-state index contributed by atoms with van der Waals surface area (Å²) in [6.45, 7) is -0.00461. The van der Waals surface area contributed by atoms with Crippen molar-refractivity contribution >= 4 is 34.4 Å². The summed E-state index contributed by atoms with van der Waals surface area (Å²) in [6, 6.07) is 14.8. The van der Waals surface area contributed by atoms with Gasteiger partial charge in [-0.05, 0) is 55.0 Å². The Balaban J connectivity index is 1.47. The molecule has 0 saturated carbocycles. The van der Waals surface area contributed by atoms with Crippen LogP contribution in [0.5, 0.6) is 0 Å². The highest BCUT2D eigenvalue weighted by atomic mass is 35.5. The van der Waals surface area contributed by atoms with E-state index in [9.17, 15) is 9.59 Å². The fourth-order valence-corrected chi connectivity index (χ4v) is 3.92. The Hall–Kier alpha value is -2.92. The molecular formula is C23H21ClN2O3. The summed E-state index contributed by atoms with van der Waals surface area (Å²) < 4.78 is 5.37. The molecule has 0 bridgehead atoms. The van der Waals surface area contributed by atoms with Crippen LogP contribution in [-0.4, -0.2) is 23.5 Å². The smallest absolute Gasteiger partial charge is 0.339 e. The van der Waals surface area contributed by atoms with Gasteiger partial charge in [0.05, 0.1) is 11.1 Å². The molecule has 0 spiro atoms. The highest BCUT2D eigenvalue weighted by Gasteiger charge is 2.24. The number of ether oxygens (including phenoxy) is 1. The molecule has 1 N–H and O–H groups in total. The van der Waals surface area contributed by atoms with Crippen LogP contribution in [0.25, 0.3) is 10.9 Å². The van der Waals surface area contributed by atoms with Crippen LogP contribution in [0.4, 0.5) is 0 Å². The van der Waals surface area contributed by atoms with E-state index in [4.69, 9.17) is 21.3 Å². The zero-order valence-corrected chi connectivity index (χ0v) is 16.7. The minimum atomic E-state index is -0.473. The standard InChI is InChI=1S/C23H21ClN2O3/c24-16-7-5-6-15(12-16)13-25-21(27)14-29-23(28)22-17-8-1-3-10-19(17)26-20-11-4-2-9-18(20)22/h1,3,5-8,10,12H,2,4,9,11,13-14H2,(H,25,27). The van der Waals surface area contributed by atoms with E-state index in [2.05, 4.69) is 5.32 Å². The van der Waals surface area contributed by atoms with Crippen LogP contribution in [0.3, 0.4) is 0 Å². The third-order valence-electron chi connectivity index (χ3n) is 5.09. The third kappa shape index (κ3) is 4.40. The lowest BCUT2D eigenvalue weighted by atomic mass is 9.90. The third-order valence-corrected chi connectivity index (χ3v) is 5.32. The zero-order chi connectivity index (χ0) is 20.2. The second kappa shape index (κ2) is 8.62. The van der Waals surface area contributed by atoms with Crippen molar-refractivity contribution in [2.45, 2.75) is 32.2 Å². The van der Waals surface area contributed by atoms with Gasteiger partial charge in [0.25, 0.3) is 5.91 Å². The minimum absolute atomic E-state index is 0.324. The minimum Gasteiger partial charge on any atom is -0.452 e. The van der Waals surface area contributed by atoms with E-state index in [1.807, 2.05) is 36.4 Å². The number of para-hydroxylation sites is 1. The van der Waals surface area contributed by atoms with E-state index in [0.29, 0.717) is 17.1 Å². The molecule has 0 atom stereocenters. The zero-order valence-electron chi connectivity index (χ0n) is 15.9. The van der Waals surface area contributed by atoms with Gasteiger partial charge in [-0.2, -0.15) is 0 Å². The van der Waals surface area contributed by atoms with Crippen molar-refractivity contribution in [3.05, 3.63) is 75.9 Å². The average Bonchev–Trinajstić information content (AvgIpc) is 2.74. The Bertz CT molecular complexity index is 1080. The number of benzene rings is 2. The van der Waals surface area contributed by atoms with Gasteiger partial charge >= 0.3 is 5.97 Å². The Morgan fingerprint density at radius 2 is 1.90 bits per heavy atom. The van der Waals surface area contributed by atoms with Gasteiger partial charge < -0.3 is 10.1 Å². The van der Waals surface area contributed by atoms with Crippen LogP contribution < -0.4 is 5.32 Å². The molecule has 29 heavy (non-hydrogen) atoms. The highest BCUT2D eigenvalue weighted by Crippen LogP contribution is 2.29. The lowest BCUT2D eigenvalue weighted by molar-refractivity contribution is -0.124. The summed E-state index contributed by atoms with van der Waals surface area (Å²) >= 11 is 5.95. The summed E-state index contributed by atoms with van der Waals surface area (Å²) in [5.74, 6) is -0.829. The van der Waals surface area contributed by atoms with E-state index >= 15 is 0 Å². The molecule has 1 heterocycles. The number of halogens is 1. The normalized spacial score (nSPS) is 13.0. The van der Waals surface area contributed by atoms with Crippen molar-refractivity contribution < 1.29 is 14.3 Å². The number of carbonyl (C=O) groups is 2. The monoisotopic (exact) mass is 408 g/mol. The van der Waals surface area contributed by atoms with Crippen molar-refractivity contribution in [3.63, 3.8) is 0 Å². The van der Waals surface area contributed by atoms with Crippen LogP contribution in [0, 0.1) is 0 Å². The predicted octanol–water partition coefficient (Wildman–Crippen LogP) is 4.24. The van der Waals surface area contributed by atoms with Crippen molar-refractivity contribution in [2.75, 3.05) is 6.61 Å². The molecule has 1 amide bonds. The molecule has 0 saturated heterocycles. The second-order valence-corrected chi connectivity index (χ2v) is 7.56. The molecule has 6 heteroatoms. The highest BCUT2D eigenvalue weighted by molar-refractivity contribution is 6.30. The Morgan fingerprint density at radius 1 is 1.07 bits per heavy atom. The molecule has 0 radical (unpaired) electrons. The van der Waals surface area contributed by atoms with Gasteiger partial charge in [-0.15, -0.1) is 0 Å². The Morgan fingerprint density at radius 3 is 2.76 bits per heavy atom. The number of hydrogen-bond donors (Lipinski definition) is 1. The van der Waals surface area contributed by atoms with E-state index in [1.54, 1.807) is 12.1 Å². The largest absolute Gasteiger partial charge is 0.452 e. The van der Waals surface area contributed by atoms with Crippen molar-refractivity contribution in [3.8, 4) is 0 Å². The number of fused-ring (bicyclic) bond motifs is 2. The number of aryl methyl sites for hydroxylation is 1. The Kier molecular flexibility index (Phi) is 5.76. The molecule has 1 aromatic heterocycles. The van der Waals surface area contributed by atoms with Gasteiger partial charge in [-0.3, -0.25) is 9.78 Å². The number of rotatable bonds is 5. The van der Waals surface area contributed by atoms with Crippen LogP contribution in [-0.2, 0) is 28.9 Å². The molecule has 0 unspecified atom stereocenters. The number of pyridine rings is 1. The molecule has 1 aliphatic rings. The molecule has 3 aromatic rings. The summed E-state index contributed by atoms with van der Waals surface area (Å²) in [5, 5.41) is 4.13. The number of nitrogens with zero attached hydrogens (tertiary/aromatic N) is 1. The van der Waals surface area contributed by atoms with Crippen LogP contribution >= 0.6 is 11.6 Å². The van der Waals surface area contributed by atoms with E-state index in [0.717, 1.165) is 53.4 Å². The molecule has 0 aliphatic heterocycles. The van der Waals surface area contributed by atoms with Crippen molar-refractivity contribution in [2.24, 2.45) is 0 Å². The molecule has 4 rings (SSSR count). The van der Waals surface area contributed by atoms with E-state index in [-0.39, 0.29) is 12.5 Å². The molecular weight excluding hydrogens is 388 g/mol. The molecule has 2 aromatic carbocycles. The van der Waals surface area contributed by atoms with Gasteiger partial charge in [-0.1, -0.05) is 41.9 Å². The van der Waals surface area contributed by atoms with Gasteiger partial charge in [0.1, 0.15) is 0 Å². The van der Waals surface area contributed by atoms with Crippen LogP contribution in [0.1, 0.15) is 40.0 Å². The molecule has 0 fully saturated rings. The van der Waals surface area contributed by atoms with E-state index < -0.39 is 5.97 Å².